The number of ether oxygens (including phenoxy) is 1. The molecule has 0 radical (unpaired) electrons. The van der Waals surface area contributed by atoms with Crippen LogP contribution in [0.4, 0.5) is 0 Å². The van der Waals surface area contributed by atoms with Crippen LogP contribution in [-0.2, 0) is 6.61 Å². The van der Waals surface area contributed by atoms with E-state index in [4.69, 9.17) is 9.84 Å². The number of rotatable bonds is 3. The predicted molar refractivity (Wildman–Crippen MR) is 79.7 cm³/mol. The summed E-state index contributed by atoms with van der Waals surface area (Å²) in [4.78, 5) is 8.10. The number of aliphatic hydroxyl groups excluding tert-OH is 1. The molecule has 0 aliphatic rings. The Morgan fingerprint density at radius 1 is 1.05 bits per heavy atom. The van der Waals surface area contributed by atoms with Crippen LogP contribution < -0.4 is 4.74 Å². The second-order valence-corrected chi connectivity index (χ2v) is 5.03. The maximum atomic E-state index is 8.95. The van der Waals surface area contributed by atoms with Gasteiger partial charge in [-0.1, -0.05) is 30.3 Å². The smallest absolute Gasteiger partial charge is 0.321 e. The Morgan fingerprint density at radius 2 is 1.80 bits per heavy atom. The lowest BCUT2D eigenvalue weighted by molar-refractivity contribution is 0.280. The third-order valence-corrected chi connectivity index (χ3v) is 3.71. The molecule has 3 rings (SSSR count). The van der Waals surface area contributed by atoms with Crippen LogP contribution in [0.25, 0.3) is 10.8 Å². The van der Waals surface area contributed by atoms with E-state index in [1.165, 1.54) is 12.4 Å². The highest BCUT2D eigenvalue weighted by Gasteiger charge is 2.08. The van der Waals surface area contributed by atoms with Crippen LogP contribution in [-0.4, -0.2) is 15.1 Å². The molecule has 0 aliphatic carbocycles. The van der Waals surface area contributed by atoms with Crippen LogP contribution in [0.3, 0.4) is 0 Å². The minimum Gasteiger partial charge on any atom is -0.423 e. The maximum absolute atomic E-state index is 8.95. The molecular weight excluding hydrogens is 320 g/mol. The maximum Gasteiger partial charge on any atom is 0.321 e. The molecule has 0 spiro atoms. The van der Waals surface area contributed by atoms with Gasteiger partial charge in [0.25, 0.3) is 0 Å². The molecule has 0 saturated heterocycles. The van der Waals surface area contributed by atoms with Crippen LogP contribution in [0, 0.1) is 0 Å². The summed E-state index contributed by atoms with van der Waals surface area (Å²) < 4.78 is 6.53. The highest BCUT2D eigenvalue weighted by atomic mass is 79.9. The van der Waals surface area contributed by atoms with Crippen molar-refractivity contribution in [1.82, 2.24) is 9.97 Å². The van der Waals surface area contributed by atoms with Crippen molar-refractivity contribution in [3.05, 3.63) is 58.8 Å². The van der Waals surface area contributed by atoms with Crippen molar-refractivity contribution in [2.45, 2.75) is 6.61 Å². The van der Waals surface area contributed by atoms with Gasteiger partial charge in [0, 0.05) is 18.0 Å². The normalized spacial score (nSPS) is 10.7. The molecule has 0 unspecified atom stereocenters. The molecule has 2 aromatic carbocycles. The summed E-state index contributed by atoms with van der Waals surface area (Å²) in [5.74, 6) is 0.653. The molecule has 1 N–H and O–H groups in total. The SMILES string of the molecule is OCc1cnc(Oc2ccc3ccccc3c2Br)nc1. The number of halogens is 1. The molecule has 0 aliphatic heterocycles. The molecule has 0 bridgehead atoms. The fraction of sp³-hybridized carbons (Fsp3) is 0.0667. The molecule has 1 aromatic heterocycles. The van der Waals surface area contributed by atoms with Gasteiger partial charge in [0.05, 0.1) is 11.1 Å². The van der Waals surface area contributed by atoms with Crippen LogP contribution in [0.15, 0.2) is 53.3 Å². The average Bonchev–Trinajstić information content (AvgIpc) is 2.51. The standard InChI is InChI=1S/C15H11BrN2O2/c16-14-12-4-2-1-3-11(12)5-6-13(14)20-15-17-7-10(9-19)8-18-15/h1-8,19H,9H2. The first-order chi connectivity index (χ1) is 9.78. The molecule has 5 heteroatoms. The Labute approximate surface area is 124 Å². The van der Waals surface area contributed by atoms with Crippen LogP contribution in [0.2, 0.25) is 0 Å². The van der Waals surface area contributed by atoms with Crippen molar-refractivity contribution in [1.29, 1.82) is 0 Å². The molecule has 3 aromatic rings. The molecule has 0 amide bonds. The summed E-state index contributed by atoms with van der Waals surface area (Å²) in [6, 6.07) is 12.1. The number of benzene rings is 2. The highest BCUT2D eigenvalue weighted by molar-refractivity contribution is 9.10. The first-order valence-electron chi connectivity index (χ1n) is 6.05. The molecule has 0 saturated carbocycles. The van der Waals surface area contributed by atoms with Crippen molar-refractivity contribution in [3.8, 4) is 11.8 Å². The van der Waals surface area contributed by atoms with Crippen molar-refractivity contribution >= 4 is 26.7 Å². The molecule has 0 atom stereocenters. The fourth-order valence-corrected chi connectivity index (χ4v) is 2.44. The fourth-order valence-electron chi connectivity index (χ4n) is 1.87. The zero-order valence-electron chi connectivity index (χ0n) is 10.5. The van der Waals surface area contributed by atoms with Gasteiger partial charge < -0.3 is 9.84 Å². The van der Waals surface area contributed by atoms with Gasteiger partial charge in [-0.15, -0.1) is 0 Å². The molecule has 100 valence electrons. The summed E-state index contributed by atoms with van der Waals surface area (Å²) in [5.41, 5.74) is 0.648. The summed E-state index contributed by atoms with van der Waals surface area (Å²) in [5, 5.41) is 11.1. The van der Waals surface area contributed by atoms with Gasteiger partial charge in [-0.3, -0.25) is 0 Å². The number of nitrogens with zero attached hydrogens (tertiary/aromatic N) is 2. The Balaban J connectivity index is 1.95. The van der Waals surface area contributed by atoms with Crippen molar-refractivity contribution in [2.75, 3.05) is 0 Å². The van der Waals surface area contributed by atoms with E-state index in [0.29, 0.717) is 11.3 Å². The van der Waals surface area contributed by atoms with Crippen molar-refractivity contribution < 1.29 is 9.84 Å². The molecule has 1 heterocycles. The van der Waals surface area contributed by atoms with Gasteiger partial charge in [0.1, 0.15) is 5.75 Å². The van der Waals surface area contributed by atoms with Crippen molar-refractivity contribution in [3.63, 3.8) is 0 Å². The number of aromatic nitrogens is 2. The Bertz CT molecular complexity index is 744. The number of fused-ring (bicyclic) bond motifs is 1. The third-order valence-electron chi connectivity index (χ3n) is 2.89. The van der Waals surface area contributed by atoms with E-state index >= 15 is 0 Å². The second kappa shape index (κ2) is 5.56. The average molecular weight is 331 g/mol. The zero-order chi connectivity index (χ0) is 13.9. The monoisotopic (exact) mass is 330 g/mol. The van der Waals surface area contributed by atoms with Crippen molar-refractivity contribution in [2.24, 2.45) is 0 Å². The quantitative estimate of drug-likeness (QED) is 0.795. The van der Waals surface area contributed by atoms with Crippen LogP contribution in [0.5, 0.6) is 11.8 Å². The third kappa shape index (κ3) is 2.50. The minimum absolute atomic E-state index is 0.0834. The largest absolute Gasteiger partial charge is 0.423 e. The molecular formula is C15H11BrN2O2. The summed E-state index contributed by atoms with van der Waals surface area (Å²) in [6.07, 6.45) is 3.08. The highest BCUT2D eigenvalue weighted by Crippen LogP contribution is 2.34. The number of hydrogen-bond donors (Lipinski definition) is 1. The Kier molecular flexibility index (Phi) is 3.62. The molecule has 0 fully saturated rings. The lowest BCUT2D eigenvalue weighted by Gasteiger charge is -2.08. The topological polar surface area (TPSA) is 55.2 Å². The first kappa shape index (κ1) is 13.0. The van der Waals surface area contributed by atoms with E-state index in [2.05, 4.69) is 25.9 Å². The predicted octanol–water partition coefficient (Wildman–Crippen LogP) is 3.68. The first-order valence-corrected chi connectivity index (χ1v) is 6.84. The van der Waals surface area contributed by atoms with E-state index in [1.54, 1.807) is 0 Å². The van der Waals surface area contributed by atoms with Crippen LogP contribution in [0.1, 0.15) is 5.56 Å². The van der Waals surface area contributed by atoms with Gasteiger partial charge in [-0.2, -0.15) is 0 Å². The van der Waals surface area contributed by atoms with E-state index in [-0.39, 0.29) is 12.6 Å². The molecule has 20 heavy (non-hydrogen) atoms. The van der Waals surface area contributed by atoms with Gasteiger partial charge >= 0.3 is 6.01 Å². The van der Waals surface area contributed by atoms with Crippen LogP contribution >= 0.6 is 15.9 Å². The number of hydrogen-bond acceptors (Lipinski definition) is 4. The van der Waals surface area contributed by atoms with E-state index < -0.39 is 0 Å². The summed E-state index contributed by atoms with van der Waals surface area (Å²) in [7, 11) is 0. The zero-order valence-corrected chi connectivity index (χ0v) is 12.0. The van der Waals surface area contributed by atoms with E-state index in [1.807, 2.05) is 36.4 Å². The Morgan fingerprint density at radius 3 is 2.55 bits per heavy atom. The number of aliphatic hydroxyl groups is 1. The second-order valence-electron chi connectivity index (χ2n) is 4.23. The molecule has 4 nitrogen and oxygen atoms in total. The summed E-state index contributed by atoms with van der Waals surface area (Å²) in [6.45, 7) is -0.0834. The van der Waals surface area contributed by atoms with Gasteiger partial charge in [-0.05, 0) is 32.8 Å². The van der Waals surface area contributed by atoms with E-state index in [9.17, 15) is 0 Å². The van der Waals surface area contributed by atoms with Gasteiger partial charge in [0.2, 0.25) is 0 Å². The van der Waals surface area contributed by atoms with E-state index in [0.717, 1.165) is 15.2 Å². The Hall–Kier alpha value is -1.98. The van der Waals surface area contributed by atoms with Gasteiger partial charge in [0.15, 0.2) is 0 Å². The minimum atomic E-state index is -0.0834. The van der Waals surface area contributed by atoms with Gasteiger partial charge in [-0.25, -0.2) is 9.97 Å². The summed E-state index contributed by atoms with van der Waals surface area (Å²) >= 11 is 3.55. The lowest BCUT2D eigenvalue weighted by atomic mass is 10.1. The lowest BCUT2D eigenvalue weighted by Crippen LogP contribution is -1.94.